The summed E-state index contributed by atoms with van der Waals surface area (Å²) in [6, 6.07) is 2.71. The summed E-state index contributed by atoms with van der Waals surface area (Å²) in [5, 5.41) is 11.4. The van der Waals surface area contributed by atoms with E-state index < -0.39 is 23.6 Å². The molecule has 2 N–H and O–H groups in total. The van der Waals surface area contributed by atoms with Gasteiger partial charge in [0.05, 0.1) is 18.3 Å². The smallest absolute Gasteiger partial charge is 0.317 e. The number of rotatable bonds is 6. The van der Waals surface area contributed by atoms with E-state index in [2.05, 4.69) is 5.32 Å². The van der Waals surface area contributed by atoms with Gasteiger partial charge >= 0.3 is 5.97 Å². The van der Waals surface area contributed by atoms with Crippen molar-refractivity contribution >= 4 is 30.0 Å². The third-order valence-corrected chi connectivity index (χ3v) is 4.86. The van der Waals surface area contributed by atoms with Crippen LogP contribution >= 0.6 is 12.4 Å². The van der Waals surface area contributed by atoms with Crippen molar-refractivity contribution in [3.05, 3.63) is 29.8 Å². The maximum atomic E-state index is 13.7. The first kappa shape index (κ1) is 23.3. The summed E-state index contributed by atoms with van der Waals surface area (Å²) < 4.78 is 26.7. The zero-order chi connectivity index (χ0) is 19.3. The number of halogens is 3. The third kappa shape index (κ3) is 6.71. The lowest BCUT2D eigenvalue weighted by Gasteiger charge is -2.28. The molecule has 0 aliphatic carbocycles. The number of nitrogens with zero attached hydrogens (tertiary/aromatic N) is 2. The van der Waals surface area contributed by atoms with Crippen molar-refractivity contribution in [2.24, 2.45) is 0 Å². The van der Waals surface area contributed by atoms with Gasteiger partial charge in [0.1, 0.15) is 11.6 Å². The quantitative estimate of drug-likeness (QED) is 0.761. The minimum Gasteiger partial charge on any atom is -0.480 e. The lowest BCUT2D eigenvalue weighted by molar-refractivity contribution is -0.138. The van der Waals surface area contributed by atoms with E-state index in [1.54, 1.807) is 14.0 Å². The number of carboxylic acid groups (broad SMARTS) is 1. The number of anilines is 1. The molecule has 0 saturated carbocycles. The number of carbonyl (C=O) groups excluding carboxylic acids is 1. The molecule has 0 radical (unpaired) electrons. The number of aliphatic carboxylic acids is 1. The van der Waals surface area contributed by atoms with Gasteiger partial charge in [0.2, 0.25) is 5.91 Å². The number of amides is 1. The standard InChI is InChI=1S/C18H25F2N3O3.ClH/c1-12(18(26)21-16-6-5-13(19)10-15(16)20)23-8-3-4-14(7-9-23)22(2)11-17(24)25;/h5-6,10,12,14H,3-4,7-9,11H2,1-2H3,(H,21,26)(H,24,25);1H. The van der Waals surface area contributed by atoms with Crippen LogP contribution in [0.3, 0.4) is 0 Å². The molecule has 0 spiro atoms. The van der Waals surface area contributed by atoms with Crippen molar-refractivity contribution < 1.29 is 23.5 Å². The average Bonchev–Trinajstić information content (AvgIpc) is 2.82. The maximum absolute atomic E-state index is 13.7. The Morgan fingerprint density at radius 2 is 2.04 bits per heavy atom. The molecular formula is C18H26ClF2N3O3. The minimum atomic E-state index is -0.859. The Hall–Kier alpha value is -1.77. The first-order chi connectivity index (χ1) is 12.3. The summed E-state index contributed by atoms with van der Waals surface area (Å²) in [4.78, 5) is 27.1. The average molecular weight is 406 g/mol. The molecular weight excluding hydrogens is 380 g/mol. The minimum absolute atomic E-state index is 0. The Balaban J connectivity index is 0.00000364. The Kier molecular flexibility index (Phi) is 9.08. The highest BCUT2D eigenvalue weighted by molar-refractivity contribution is 5.94. The van der Waals surface area contributed by atoms with E-state index in [1.165, 1.54) is 6.07 Å². The van der Waals surface area contributed by atoms with Crippen LogP contribution < -0.4 is 5.32 Å². The van der Waals surface area contributed by atoms with E-state index in [9.17, 15) is 18.4 Å². The number of likely N-dealkylation sites (tertiary alicyclic amines) is 1. The van der Waals surface area contributed by atoms with E-state index in [-0.39, 0.29) is 36.6 Å². The SMILES string of the molecule is CC(C(=O)Nc1ccc(F)cc1F)N1CCCC(N(C)CC(=O)O)CC1.Cl. The predicted molar refractivity (Wildman–Crippen MR) is 101 cm³/mol. The van der Waals surface area contributed by atoms with Crippen molar-refractivity contribution in [1.29, 1.82) is 0 Å². The fourth-order valence-corrected chi connectivity index (χ4v) is 3.27. The molecule has 2 unspecified atom stereocenters. The molecule has 1 heterocycles. The zero-order valence-electron chi connectivity index (χ0n) is 15.5. The van der Waals surface area contributed by atoms with E-state index in [4.69, 9.17) is 5.11 Å². The molecule has 1 aliphatic heterocycles. The van der Waals surface area contributed by atoms with E-state index in [0.29, 0.717) is 13.1 Å². The summed E-state index contributed by atoms with van der Waals surface area (Å²) in [6.07, 6.45) is 2.46. The molecule has 152 valence electrons. The fourth-order valence-electron chi connectivity index (χ4n) is 3.27. The third-order valence-electron chi connectivity index (χ3n) is 4.86. The van der Waals surface area contributed by atoms with Crippen molar-refractivity contribution in [1.82, 2.24) is 9.80 Å². The molecule has 6 nitrogen and oxygen atoms in total. The topological polar surface area (TPSA) is 72.9 Å². The Morgan fingerprint density at radius 3 is 2.67 bits per heavy atom. The molecule has 1 aromatic rings. The first-order valence-electron chi connectivity index (χ1n) is 8.70. The van der Waals surface area contributed by atoms with Gasteiger partial charge in [-0.15, -0.1) is 12.4 Å². The predicted octanol–water partition coefficient (Wildman–Crippen LogP) is 2.58. The Morgan fingerprint density at radius 1 is 1.33 bits per heavy atom. The van der Waals surface area contributed by atoms with Crippen LogP contribution in [0.4, 0.5) is 14.5 Å². The summed E-state index contributed by atoms with van der Waals surface area (Å²) in [5.74, 6) is -2.72. The van der Waals surface area contributed by atoms with Gasteiger partial charge in [0.25, 0.3) is 0 Å². The number of hydrogen-bond acceptors (Lipinski definition) is 4. The van der Waals surface area contributed by atoms with Crippen molar-refractivity contribution in [2.45, 2.75) is 38.3 Å². The highest BCUT2D eigenvalue weighted by atomic mass is 35.5. The first-order valence-corrected chi connectivity index (χ1v) is 8.70. The largest absolute Gasteiger partial charge is 0.480 e. The number of nitrogens with one attached hydrogen (secondary N) is 1. The zero-order valence-corrected chi connectivity index (χ0v) is 16.3. The molecule has 0 bridgehead atoms. The van der Waals surface area contributed by atoms with Crippen LogP contribution in [0.5, 0.6) is 0 Å². The van der Waals surface area contributed by atoms with Gasteiger partial charge in [-0.25, -0.2) is 8.78 Å². The van der Waals surface area contributed by atoms with E-state index in [1.807, 2.05) is 9.80 Å². The van der Waals surface area contributed by atoms with Gasteiger partial charge in [0.15, 0.2) is 0 Å². The van der Waals surface area contributed by atoms with Crippen molar-refractivity contribution in [3.8, 4) is 0 Å². The van der Waals surface area contributed by atoms with Crippen LogP contribution in [0.15, 0.2) is 18.2 Å². The molecule has 1 aliphatic rings. The lowest BCUT2D eigenvalue weighted by Crippen LogP contribution is -2.43. The fraction of sp³-hybridized carbons (Fsp3) is 0.556. The van der Waals surface area contributed by atoms with Crippen LogP contribution in [-0.4, -0.2) is 65.5 Å². The van der Waals surface area contributed by atoms with Gasteiger partial charge in [0, 0.05) is 18.7 Å². The van der Waals surface area contributed by atoms with Crippen molar-refractivity contribution in [2.75, 3.05) is 32.0 Å². The van der Waals surface area contributed by atoms with Gasteiger partial charge < -0.3 is 10.4 Å². The molecule has 2 rings (SSSR count). The molecule has 1 saturated heterocycles. The Bertz CT molecular complexity index is 663. The second-order valence-corrected chi connectivity index (χ2v) is 6.72. The monoisotopic (exact) mass is 405 g/mol. The van der Waals surface area contributed by atoms with Gasteiger partial charge in [-0.3, -0.25) is 19.4 Å². The van der Waals surface area contributed by atoms with Gasteiger partial charge in [-0.2, -0.15) is 0 Å². The summed E-state index contributed by atoms with van der Waals surface area (Å²) in [6.45, 7) is 3.09. The number of hydrogen-bond donors (Lipinski definition) is 2. The van der Waals surface area contributed by atoms with E-state index >= 15 is 0 Å². The van der Waals surface area contributed by atoms with Gasteiger partial charge in [-0.1, -0.05) is 0 Å². The highest BCUT2D eigenvalue weighted by Gasteiger charge is 2.27. The van der Waals surface area contributed by atoms with Crippen LogP contribution in [0.2, 0.25) is 0 Å². The number of carboxylic acids is 1. The number of carbonyl (C=O) groups is 2. The lowest BCUT2D eigenvalue weighted by atomic mass is 10.1. The maximum Gasteiger partial charge on any atom is 0.317 e. The van der Waals surface area contributed by atoms with Crippen molar-refractivity contribution in [3.63, 3.8) is 0 Å². The van der Waals surface area contributed by atoms with Crippen LogP contribution in [0.1, 0.15) is 26.2 Å². The second-order valence-electron chi connectivity index (χ2n) is 6.72. The normalized spacial score (nSPS) is 19.1. The number of likely N-dealkylation sites (N-methyl/N-ethyl adjacent to an activating group) is 1. The molecule has 0 aromatic heterocycles. The van der Waals surface area contributed by atoms with Crippen LogP contribution in [-0.2, 0) is 9.59 Å². The number of benzene rings is 1. The van der Waals surface area contributed by atoms with Crippen LogP contribution in [0.25, 0.3) is 0 Å². The summed E-state index contributed by atoms with van der Waals surface area (Å²) in [7, 11) is 1.79. The second kappa shape index (κ2) is 10.5. The molecule has 27 heavy (non-hydrogen) atoms. The molecule has 2 atom stereocenters. The molecule has 1 fully saturated rings. The summed E-state index contributed by atoms with van der Waals surface area (Å²) in [5.41, 5.74) is -0.0443. The highest BCUT2D eigenvalue weighted by Crippen LogP contribution is 2.19. The van der Waals surface area contributed by atoms with Crippen LogP contribution in [0, 0.1) is 11.6 Å². The van der Waals surface area contributed by atoms with E-state index in [0.717, 1.165) is 31.4 Å². The molecule has 1 aromatic carbocycles. The van der Waals surface area contributed by atoms with Gasteiger partial charge in [-0.05, 0) is 51.9 Å². The summed E-state index contributed by atoms with van der Waals surface area (Å²) >= 11 is 0. The molecule has 1 amide bonds. The Labute approximate surface area is 163 Å². The molecule has 9 heteroatoms.